The van der Waals surface area contributed by atoms with Gasteiger partial charge in [0.15, 0.2) is 0 Å². The molecule has 1 unspecified atom stereocenters. The highest BCUT2D eigenvalue weighted by molar-refractivity contribution is 5.77. The van der Waals surface area contributed by atoms with Crippen molar-refractivity contribution in [3.63, 3.8) is 0 Å². The summed E-state index contributed by atoms with van der Waals surface area (Å²) in [6.07, 6.45) is 2.43. The molecule has 0 spiro atoms. The number of hydrogen-bond acceptors (Lipinski definition) is 6. The van der Waals surface area contributed by atoms with E-state index in [9.17, 15) is 9.59 Å². The van der Waals surface area contributed by atoms with Crippen LogP contribution in [0.5, 0.6) is 11.5 Å². The number of ether oxygens (including phenoxy) is 3. The van der Waals surface area contributed by atoms with Crippen LogP contribution in [-0.2, 0) is 20.9 Å². The fraction of sp³-hybridized carbons (Fsp3) is 0.429. The average molecular weight is 389 g/mol. The van der Waals surface area contributed by atoms with Crippen LogP contribution in [0.1, 0.15) is 25.5 Å². The second-order valence-electron chi connectivity index (χ2n) is 6.41. The monoisotopic (exact) mass is 389 g/mol. The van der Waals surface area contributed by atoms with Crippen molar-refractivity contribution in [3.05, 3.63) is 48.4 Å². The Balaban J connectivity index is 1.85. The molecule has 0 fully saturated rings. The topological polar surface area (TPSA) is 78.2 Å². The number of benzene rings is 1. The predicted molar refractivity (Wildman–Crippen MR) is 103 cm³/mol. The van der Waals surface area contributed by atoms with Gasteiger partial charge in [0, 0.05) is 13.0 Å². The molecule has 0 aliphatic rings. The third-order valence-corrected chi connectivity index (χ3v) is 4.24. The molecular formula is C21H27NO6. The largest absolute Gasteiger partial charge is 0.497 e. The molecule has 0 aliphatic carbocycles. The molecule has 0 aliphatic heterocycles. The third kappa shape index (κ3) is 6.64. The van der Waals surface area contributed by atoms with Gasteiger partial charge in [-0.3, -0.25) is 9.59 Å². The molecule has 2 rings (SSSR count). The third-order valence-electron chi connectivity index (χ3n) is 4.24. The zero-order valence-corrected chi connectivity index (χ0v) is 16.6. The van der Waals surface area contributed by atoms with Gasteiger partial charge in [0.1, 0.15) is 17.3 Å². The fourth-order valence-electron chi connectivity index (χ4n) is 2.69. The number of methoxy groups -OCH3 is 2. The summed E-state index contributed by atoms with van der Waals surface area (Å²) in [5.74, 6) is 1.32. The number of esters is 1. The minimum Gasteiger partial charge on any atom is -0.497 e. The van der Waals surface area contributed by atoms with Crippen molar-refractivity contribution >= 4 is 11.9 Å². The van der Waals surface area contributed by atoms with Gasteiger partial charge in [-0.15, -0.1) is 0 Å². The predicted octanol–water partition coefficient (Wildman–Crippen LogP) is 3.29. The number of carbonyl (C=O) groups excluding carboxylic acids is 2. The van der Waals surface area contributed by atoms with E-state index in [4.69, 9.17) is 18.6 Å². The Bertz CT molecular complexity index is 726. The lowest BCUT2D eigenvalue weighted by Gasteiger charge is -2.24. The standard InChI is InChI=1S/C21H27NO6/c1-16(21(24)26-3)14-22(15-19-6-4-12-28-19)20(23)7-5-13-27-18-10-8-17(25-2)9-11-18/h4,6,8-12,16H,5,7,13-15H2,1-3H3. The van der Waals surface area contributed by atoms with Crippen molar-refractivity contribution in [1.82, 2.24) is 4.90 Å². The normalized spacial score (nSPS) is 11.5. The van der Waals surface area contributed by atoms with Gasteiger partial charge in [0.25, 0.3) is 0 Å². The Morgan fingerprint density at radius 3 is 2.43 bits per heavy atom. The Morgan fingerprint density at radius 1 is 1.11 bits per heavy atom. The van der Waals surface area contributed by atoms with Gasteiger partial charge in [-0.1, -0.05) is 6.92 Å². The Labute approximate surface area is 165 Å². The van der Waals surface area contributed by atoms with Crippen LogP contribution < -0.4 is 9.47 Å². The molecule has 1 aromatic heterocycles. The van der Waals surface area contributed by atoms with Gasteiger partial charge in [-0.2, -0.15) is 0 Å². The first-order chi connectivity index (χ1) is 13.5. The van der Waals surface area contributed by atoms with Crippen LogP contribution >= 0.6 is 0 Å². The van der Waals surface area contributed by atoms with Crippen molar-refractivity contribution in [2.45, 2.75) is 26.3 Å². The van der Waals surface area contributed by atoms with E-state index >= 15 is 0 Å². The minimum absolute atomic E-state index is 0.0644. The van der Waals surface area contributed by atoms with E-state index in [1.807, 2.05) is 24.3 Å². The van der Waals surface area contributed by atoms with Gasteiger partial charge < -0.3 is 23.5 Å². The number of furan rings is 1. The van der Waals surface area contributed by atoms with E-state index in [0.29, 0.717) is 31.8 Å². The fourth-order valence-corrected chi connectivity index (χ4v) is 2.69. The van der Waals surface area contributed by atoms with E-state index in [1.54, 1.807) is 37.3 Å². The maximum atomic E-state index is 12.7. The first kappa shape index (κ1) is 21.3. The van der Waals surface area contributed by atoms with E-state index in [0.717, 1.165) is 11.5 Å². The molecular weight excluding hydrogens is 362 g/mol. The second kappa shape index (κ2) is 11.0. The van der Waals surface area contributed by atoms with Gasteiger partial charge in [-0.05, 0) is 42.8 Å². The van der Waals surface area contributed by atoms with Crippen molar-refractivity contribution in [2.75, 3.05) is 27.4 Å². The van der Waals surface area contributed by atoms with E-state index in [-0.39, 0.29) is 18.4 Å². The lowest BCUT2D eigenvalue weighted by molar-refractivity contribution is -0.146. The minimum atomic E-state index is -0.417. The van der Waals surface area contributed by atoms with E-state index in [2.05, 4.69) is 0 Å². The Kier molecular flexibility index (Phi) is 8.39. The summed E-state index contributed by atoms with van der Waals surface area (Å²) in [5.41, 5.74) is 0. The molecule has 1 atom stereocenters. The molecule has 0 radical (unpaired) electrons. The van der Waals surface area contributed by atoms with Gasteiger partial charge >= 0.3 is 5.97 Å². The average Bonchev–Trinajstić information content (AvgIpc) is 3.23. The number of amides is 1. The molecule has 0 saturated carbocycles. The lowest BCUT2D eigenvalue weighted by atomic mass is 10.1. The van der Waals surface area contributed by atoms with Gasteiger partial charge in [0.2, 0.25) is 5.91 Å². The highest BCUT2D eigenvalue weighted by Gasteiger charge is 2.22. The molecule has 0 N–H and O–H groups in total. The van der Waals surface area contributed by atoms with E-state index < -0.39 is 5.92 Å². The molecule has 2 aromatic rings. The number of rotatable bonds is 11. The zero-order valence-electron chi connectivity index (χ0n) is 16.6. The van der Waals surface area contributed by atoms with Crippen LogP contribution in [0, 0.1) is 5.92 Å². The summed E-state index contributed by atoms with van der Waals surface area (Å²) in [6.45, 7) is 2.73. The van der Waals surface area contributed by atoms with Gasteiger partial charge in [0.05, 0.1) is 39.6 Å². The van der Waals surface area contributed by atoms with Crippen LogP contribution in [0.15, 0.2) is 47.1 Å². The molecule has 1 heterocycles. The van der Waals surface area contributed by atoms with Gasteiger partial charge in [-0.25, -0.2) is 0 Å². The second-order valence-corrected chi connectivity index (χ2v) is 6.41. The molecule has 7 heteroatoms. The molecule has 0 bridgehead atoms. The SMILES string of the molecule is COC(=O)C(C)CN(Cc1ccco1)C(=O)CCCOc1ccc(OC)cc1. The van der Waals surface area contributed by atoms with Crippen LogP contribution in [0.2, 0.25) is 0 Å². The van der Waals surface area contributed by atoms with Crippen LogP contribution in [0.25, 0.3) is 0 Å². The van der Waals surface area contributed by atoms with Crippen molar-refractivity contribution in [2.24, 2.45) is 5.92 Å². The summed E-state index contributed by atoms with van der Waals surface area (Å²) < 4.78 is 20.9. The maximum Gasteiger partial charge on any atom is 0.310 e. The molecule has 1 aromatic carbocycles. The summed E-state index contributed by atoms with van der Waals surface area (Å²) >= 11 is 0. The van der Waals surface area contributed by atoms with Crippen molar-refractivity contribution < 1.29 is 28.2 Å². The summed E-state index contributed by atoms with van der Waals surface area (Å²) in [7, 11) is 2.95. The summed E-state index contributed by atoms with van der Waals surface area (Å²) in [4.78, 5) is 26.0. The van der Waals surface area contributed by atoms with Crippen molar-refractivity contribution in [1.29, 1.82) is 0 Å². The maximum absolute atomic E-state index is 12.7. The summed E-state index contributed by atoms with van der Waals surface area (Å²) in [5, 5.41) is 0. The molecule has 28 heavy (non-hydrogen) atoms. The van der Waals surface area contributed by atoms with E-state index in [1.165, 1.54) is 7.11 Å². The van der Waals surface area contributed by atoms with Crippen molar-refractivity contribution in [3.8, 4) is 11.5 Å². The molecule has 1 amide bonds. The number of hydrogen-bond donors (Lipinski definition) is 0. The lowest BCUT2D eigenvalue weighted by Crippen LogP contribution is -2.36. The Hall–Kier alpha value is -2.96. The van der Waals surface area contributed by atoms with Crippen LogP contribution in [0.3, 0.4) is 0 Å². The van der Waals surface area contributed by atoms with Crippen LogP contribution in [-0.4, -0.2) is 44.1 Å². The molecule has 7 nitrogen and oxygen atoms in total. The molecule has 0 saturated heterocycles. The zero-order chi connectivity index (χ0) is 20.4. The summed E-state index contributed by atoms with van der Waals surface area (Å²) in [6, 6.07) is 10.9. The van der Waals surface area contributed by atoms with Crippen LogP contribution in [0.4, 0.5) is 0 Å². The quantitative estimate of drug-likeness (QED) is 0.433. The first-order valence-electron chi connectivity index (χ1n) is 9.18. The molecule has 152 valence electrons. The smallest absolute Gasteiger partial charge is 0.310 e. The number of nitrogens with zero attached hydrogens (tertiary/aromatic N) is 1. The highest BCUT2D eigenvalue weighted by Crippen LogP contribution is 2.17. The first-order valence-corrected chi connectivity index (χ1v) is 9.18. The Morgan fingerprint density at radius 2 is 1.82 bits per heavy atom. The number of carbonyl (C=O) groups is 2. The highest BCUT2D eigenvalue weighted by atomic mass is 16.5.